The predicted molar refractivity (Wildman–Crippen MR) is 48.0 cm³/mol. The van der Waals surface area contributed by atoms with E-state index in [4.69, 9.17) is 4.74 Å². The van der Waals surface area contributed by atoms with Crippen LogP contribution in [-0.4, -0.2) is 19.5 Å². The van der Waals surface area contributed by atoms with Gasteiger partial charge in [-0.2, -0.15) is 0 Å². The van der Waals surface area contributed by atoms with E-state index in [0.29, 0.717) is 12.0 Å². The standard InChI is InChI=1S/C10H18O2/c1-10(2,7-11)6-8-4-9(5-8)12-3/h7-9H,4-6H2,1-3H3. The maximum absolute atomic E-state index is 10.6. The van der Waals surface area contributed by atoms with Gasteiger partial charge < -0.3 is 9.53 Å². The summed E-state index contributed by atoms with van der Waals surface area (Å²) >= 11 is 0. The number of ether oxygens (including phenoxy) is 1. The molecule has 0 radical (unpaired) electrons. The normalized spacial score (nSPS) is 29.6. The molecule has 0 aromatic rings. The number of hydrogen-bond acceptors (Lipinski definition) is 2. The number of methoxy groups -OCH3 is 1. The molecule has 12 heavy (non-hydrogen) atoms. The molecule has 1 rings (SSSR count). The van der Waals surface area contributed by atoms with Crippen LogP contribution in [-0.2, 0) is 9.53 Å². The molecule has 1 saturated carbocycles. The molecule has 0 atom stereocenters. The van der Waals surface area contributed by atoms with Gasteiger partial charge in [-0.05, 0) is 25.2 Å². The first kappa shape index (κ1) is 9.72. The molecular formula is C10H18O2. The van der Waals surface area contributed by atoms with Gasteiger partial charge in [-0.1, -0.05) is 13.8 Å². The van der Waals surface area contributed by atoms with E-state index < -0.39 is 0 Å². The molecule has 2 heteroatoms. The highest BCUT2D eigenvalue weighted by atomic mass is 16.5. The Bertz CT molecular complexity index is 157. The molecule has 1 aliphatic carbocycles. The topological polar surface area (TPSA) is 26.3 Å². The van der Waals surface area contributed by atoms with Gasteiger partial charge in [0.05, 0.1) is 6.10 Å². The van der Waals surface area contributed by atoms with Crippen molar-refractivity contribution in [3.8, 4) is 0 Å². The predicted octanol–water partition coefficient (Wildman–Crippen LogP) is 2.03. The third-order valence-corrected chi connectivity index (χ3v) is 2.66. The van der Waals surface area contributed by atoms with Crippen molar-refractivity contribution in [2.24, 2.45) is 11.3 Å². The van der Waals surface area contributed by atoms with E-state index in [-0.39, 0.29) is 5.41 Å². The van der Waals surface area contributed by atoms with Crippen molar-refractivity contribution in [2.75, 3.05) is 7.11 Å². The smallest absolute Gasteiger partial charge is 0.125 e. The average Bonchev–Trinajstić information content (AvgIpc) is 1.96. The van der Waals surface area contributed by atoms with Crippen LogP contribution in [0.2, 0.25) is 0 Å². The Hall–Kier alpha value is -0.370. The van der Waals surface area contributed by atoms with E-state index in [1.165, 1.54) is 0 Å². The molecule has 1 aliphatic rings. The average molecular weight is 170 g/mol. The van der Waals surface area contributed by atoms with Gasteiger partial charge in [-0.25, -0.2) is 0 Å². The van der Waals surface area contributed by atoms with Crippen LogP contribution in [0, 0.1) is 11.3 Å². The van der Waals surface area contributed by atoms with Gasteiger partial charge >= 0.3 is 0 Å². The fourth-order valence-corrected chi connectivity index (χ4v) is 1.83. The number of hydrogen-bond donors (Lipinski definition) is 0. The molecular weight excluding hydrogens is 152 g/mol. The summed E-state index contributed by atoms with van der Waals surface area (Å²) in [5.41, 5.74) is -0.136. The summed E-state index contributed by atoms with van der Waals surface area (Å²) in [6.07, 6.45) is 4.79. The van der Waals surface area contributed by atoms with E-state index in [2.05, 4.69) is 0 Å². The van der Waals surface area contributed by atoms with Crippen molar-refractivity contribution in [3.63, 3.8) is 0 Å². The first-order chi connectivity index (χ1) is 5.57. The summed E-state index contributed by atoms with van der Waals surface area (Å²) in [6, 6.07) is 0. The molecule has 0 aromatic heterocycles. The summed E-state index contributed by atoms with van der Waals surface area (Å²) in [7, 11) is 1.76. The molecule has 0 aliphatic heterocycles. The lowest BCUT2D eigenvalue weighted by atomic mass is 9.72. The highest BCUT2D eigenvalue weighted by molar-refractivity contribution is 5.57. The van der Waals surface area contributed by atoms with Gasteiger partial charge in [0.15, 0.2) is 0 Å². The summed E-state index contributed by atoms with van der Waals surface area (Å²) in [5.74, 6) is 0.704. The number of carbonyl (C=O) groups excluding carboxylic acids is 1. The van der Waals surface area contributed by atoms with Crippen LogP contribution < -0.4 is 0 Å². The van der Waals surface area contributed by atoms with Crippen molar-refractivity contribution in [2.45, 2.75) is 39.2 Å². The molecule has 0 N–H and O–H groups in total. The number of aldehydes is 1. The van der Waals surface area contributed by atoms with E-state index in [9.17, 15) is 4.79 Å². The number of carbonyl (C=O) groups is 1. The molecule has 2 nitrogen and oxygen atoms in total. The monoisotopic (exact) mass is 170 g/mol. The summed E-state index contributed by atoms with van der Waals surface area (Å²) < 4.78 is 5.18. The molecule has 0 aromatic carbocycles. The molecule has 0 bridgehead atoms. The Morgan fingerprint density at radius 2 is 2.08 bits per heavy atom. The second-order valence-electron chi connectivity index (χ2n) is 4.51. The maximum Gasteiger partial charge on any atom is 0.125 e. The second kappa shape index (κ2) is 3.56. The van der Waals surface area contributed by atoms with Crippen LogP contribution in [0.3, 0.4) is 0 Å². The van der Waals surface area contributed by atoms with Crippen LogP contribution in [0.15, 0.2) is 0 Å². The third-order valence-electron chi connectivity index (χ3n) is 2.66. The van der Waals surface area contributed by atoms with Gasteiger partial charge in [0, 0.05) is 12.5 Å². The Morgan fingerprint density at radius 1 is 1.50 bits per heavy atom. The van der Waals surface area contributed by atoms with Gasteiger partial charge in [0.2, 0.25) is 0 Å². The van der Waals surface area contributed by atoms with Gasteiger partial charge in [0.25, 0.3) is 0 Å². The van der Waals surface area contributed by atoms with Crippen LogP contribution >= 0.6 is 0 Å². The highest BCUT2D eigenvalue weighted by Gasteiger charge is 2.33. The molecule has 0 amide bonds. The van der Waals surface area contributed by atoms with Crippen molar-refractivity contribution in [1.29, 1.82) is 0 Å². The Morgan fingerprint density at radius 3 is 2.50 bits per heavy atom. The van der Waals surface area contributed by atoms with Crippen molar-refractivity contribution >= 4 is 6.29 Å². The minimum Gasteiger partial charge on any atom is -0.381 e. The first-order valence-corrected chi connectivity index (χ1v) is 4.56. The van der Waals surface area contributed by atoms with E-state index >= 15 is 0 Å². The molecule has 0 spiro atoms. The van der Waals surface area contributed by atoms with Crippen molar-refractivity contribution in [1.82, 2.24) is 0 Å². The van der Waals surface area contributed by atoms with Crippen LogP contribution in [0.5, 0.6) is 0 Å². The zero-order chi connectivity index (χ0) is 9.19. The molecule has 0 saturated heterocycles. The minimum atomic E-state index is -0.136. The van der Waals surface area contributed by atoms with Gasteiger partial charge in [-0.15, -0.1) is 0 Å². The van der Waals surface area contributed by atoms with E-state index in [1.807, 2.05) is 13.8 Å². The highest BCUT2D eigenvalue weighted by Crippen LogP contribution is 2.37. The lowest BCUT2D eigenvalue weighted by Gasteiger charge is -2.37. The summed E-state index contributed by atoms with van der Waals surface area (Å²) in [6.45, 7) is 4.00. The van der Waals surface area contributed by atoms with Gasteiger partial charge in [0.1, 0.15) is 6.29 Å². The fraction of sp³-hybridized carbons (Fsp3) is 0.900. The Balaban J connectivity index is 2.22. The number of rotatable bonds is 4. The van der Waals surface area contributed by atoms with E-state index in [0.717, 1.165) is 25.5 Å². The molecule has 70 valence electrons. The zero-order valence-electron chi connectivity index (χ0n) is 8.17. The fourth-order valence-electron chi connectivity index (χ4n) is 1.83. The lowest BCUT2D eigenvalue weighted by Crippen LogP contribution is -2.33. The third kappa shape index (κ3) is 2.31. The minimum absolute atomic E-state index is 0.136. The zero-order valence-corrected chi connectivity index (χ0v) is 8.17. The molecule has 0 heterocycles. The maximum atomic E-state index is 10.6. The Labute approximate surface area is 74.3 Å². The summed E-state index contributed by atoms with van der Waals surface area (Å²) in [5, 5.41) is 0. The SMILES string of the molecule is COC1CC(CC(C)(C)C=O)C1. The summed E-state index contributed by atoms with van der Waals surface area (Å²) in [4.78, 5) is 10.6. The molecule has 1 fully saturated rings. The van der Waals surface area contributed by atoms with Crippen molar-refractivity contribution < 1.29 is 9.53 Å². The quantitative estimate of drug-likeness (QED) is 0.603. The largest absolute Gasteiger partial charge is 0.381 e. The van der Waals surface area contributed by atoms with Crippen molar-refractivity contribution in [3.05, 3.63) is 0 Å². The van der Waals surface area contributed by atoms with Crippen LogP contribution in [0.25, 0.3) is 0 Å². The van der Waals surface area contributed by atoms with E-state index in [1.54, 1.807) is 7.11 Å². The molecule has 0 unspecified atom stereocenters. The first-order valence-electron chi connectivity index (χ1n) is 4.56. The Kier molecular flexibility index (Phi) is 2.89. The second-order valence-corrected chi connectivity index (χ2v) is 4.51. The van der Waals surface area contributed by atoms with Gasteiger partial charge in [-0.3, -0.25) is 0 Å². The lowest BCUT2D eigenvalue weighted by molar-refractivity contribution is -0.116. The van der Waals surface area contributed by atoms with Crippen LogP contribution in [0.4, 0.5) is 0 Å². The van der Waals surface area contributed by atoms with Crippen LogP contribution in [0.1, 0.15) is 33.1 Å².